The molecule has 1 atom stereocenters. The van der Waals surface area contributed by atoms with Gasteiger partial charge in [0.25, 0.3) is 0 Å². The van der Waals surface area contributed by atoms with Gasteiger partial charge in [-0.1, -0.05) is 6.07 Å². The lowest BCUT2D eigenvalue weighted by Crippen LogP contribution is -2.45. The number of rotatable bonds is 6. The van der Waals surface area contributed by atoms with Crippen molar-refractivity contribution in [2.45, 2.75) is 25.7 Å². The Hall–Kier alpha value is -1.50. The fourth-order valence-electron chi connectivity index (χ4n) is 2.92. The number of hydrogen-bond acceptors (Lipinski definition) is 2. The van der Waals surface area contributed by atoms with Gasteiger partial charge in [-0.3, -0.25) is 4.21 Å². The molecule has 134 valence electrons. The van der Waals surface area contributed by atoms with Crippen LogP contribution in [0.3, 0.4) is 0 Å². The topological polar surface area (TPSA) is 49.4 Å². The second kappa shape index (κ2) is 9.11. The van der Waals surface area contributed by atoms with Gasteiger partial charge in [0.2, 0.25) is 0 Å². The standard InChI is InChI=1S/C17H24F2N2O2S/c1-24(23)11-8-20-17(22)21-9-6-13(7-10-21)2-3-14-4-5-15(18)12-16(14)19/h4-5,12-13H,2-3,6-11H2,1H3,(H,20,22). The van der Waals surface area contributed by atoms with Crippen LogP contribution in [0.2, 0.25) is 0 Å². The summed E-state index contributed by atoms with van der Waals surface area (Å²) in [4.78, 5) is 13.7. The predicted molar refractivity (Wildman–Crippen MR) is 91.3 cm³/mol. The maximum Gasteiger partial charge on any atom is 0.317 e. The van der Waals surface area contributed by atoms with Gasteiger partial charge in [-0.05, 0) is 43.2 Å². The first kappa shape index (κ1) is 18.8. The van der Waals surface area contributed by atoms with Crippen molar-refractivity contribution < 1.29 is 17.8 Å². The highest BCUT2D eigenvalue weighted by Crippen LogP contribution is 2.23. The zero-order valence-corrected chi connectivity index (χ0v) is 14.7. The zero-order valence-electron chi connectivity index (χ0n) is 13.9. The summed E-state index contributed by atoms with van der Waals surface area (Å²) in [6.45, 7) is 1.78. The van der Waals surface area contributed by atoms with Crippen LogP contribution < -0.4 is 5.32 Å². The lowest BCUT2D eigenvalue weighted by molar-refractivity contribution is 0.168. The Morgan fingerprint density at radius 2 is 2.04 bits per heavy atom. The molecule has 0 radical (unpaired) electrons. The van der Waals surface area contributed by atoms with Crippen LogP contribution in [0.4, 0.5) is 13.6 Å². The second-order valence-corrected chi connectivity index (χ2v) is 7.77. The number of nitrogens with zero attached hydrogens (tertiary/aromatic N) is 1. The van der Waals surface area contributed by atoms with Crippen LogP contribution in [-0.4, -0.2) is 46.8 Å². The summed E-state index contributed by atoms with van der Waals surface area (Å²) >= 11 is 0. The molecule has 1 aliphatic rings. The van der Waals surface area contributed by atoms with Gasteiger partial charge < -0.3 is 10.2 Å². The Kier molecular flexibility index (Phi) is 7.15. The van der Waals surface area contributed by atoms with Crippen LogP contribution in [0.1, 0.15) is 24.8 Å². The summed E-state index contributed by atoms with van der Waals surface area (Å²) in [7, 11) is -0.904. The number of piperidine rings is 1. The van der Waals surface area contributed by atoms with Gasteiger partial charge in [-0.25, -0.2) is 13.6 Å². The lowest BCUT2D eigenvalue weighted by Gasteiger charge is -2.32. The number of halogens is 2. The quantitative estimate of drug-likeness (QED) is 0.850. The Labute approximate surface area is 144 Å². The third kappa shape index (κ3) is 5.85. The summed E-state index contributed by atoms with van der Waals surface area (Å²) in [5.41, 5.74) is 0.545. The van der Waals surface area contributed by atoms with Gasteiger partial charge in [-0.15, -0.1) is 0 Å². The first-order chi connectivity index (χ1) is 11.5. The van der Waals surface area contributed by atoms with Crippen molar-refractivity contribution in [3.05, 3.63) is 35.4 Å². The van der Waals surface area contributed by atoms with E-state index in [2.05, 4.69) is 5.32 Å². The number of benzene rings is 1. The van der Waals surface area contributed by atoms with Gasteiger partial charge in [-0.2, -0.15) is 0 Å². The third-order valence-corrected chi connectivity index (χ3v) is 5.18. The van der Waals surface area contributed by atoms with Crippen molar-refractivity contribution in [1.82, 2.24) is 10.2 Å². The maximum absolute atomic E-state index is 13.6. The lowest BCUT2D eigenvalue weighted by atomic mass is 9.90. The van der Waals surface area contributed by atoms with Crippen molar-refractivity contribution in [1.29, 1.82) is 0 Å². The minimum absolute atomic E-state index is 0.108. The van der Waals surface area contributed by atoms with E-state index in [1.807, 2.05) is 0 Å². The number of hydrogen-bond donors (Lipinski definition) is 1. The van der Waals surface area contributed by atoms with Gasteiger partial charge in [0.15, 0.2) is 0 Å². The molecular weight excluding hydrogens is 334 g/mol. The highest BCUT2D eigenvalue weighted by atomic mass is 32.2. The molecule has 0 spiro atoms. The molecule has 1 fully saturated rings. The van der Waals surface area contributed by atoms with Gasteiger partial charge in [0.1, 0.15) is 11.6 Å². The van der Waals surface area contributed by atoms with Gasteiger partial charge in [0.05, 0.1) is 0 Å². The van der Waals surface area contributed by atoms with Crippen molar-refractivity contribution in [2.75, 3.05) is 31.6 Å². The molecule has 1 N–H and O–H groups in total. The average Bonchev–Trinajstić information content (AvgIpc) is 2.54. The van der Waals surface area contributed by atoms with Crippen molar-refractivity contribution in [2.24, 2.45) is 5.92 Å². The number of nitrogens with one attached hydrogen (secondary N) is 1. The number of amides is 2. The number of urea groups is 1. The molecule has 7 heteroatoms. The zero-order chi connectivity index (χ0) is 17.5. The maximum atomic E-state index is 13.6. The molecular formula is C17H24F2N2O2S. The minimum Gasteiger partial charge on any atom is -0.337 e. The van der Waals surface area contributed by atoms with Crippen LogP contribution in [0, 0.1) is 17.6 Å². The molecule has 2 rings (SSSR count). The largest absolute Gasteiger partial charge is 0.337 e. The molecule has 1 aliphatic heterocycles. The monoisotopic (exact) mass is 358 g/mol. The first-order valence-electron chi connectivity index (χ1n) is 8.22. The molecule has 1 aromatic carbocycles. The molecule has 0 saturated carbocycles. The Morgan fingerprint density at radius 1 is 1.33 bits per heavy atom. The van der Waals surface area contributed by atoms with E-state index in [1.165, 1.54) is 12.1 Å². The molecule has 1 aromatic rings. The van der Waals surface area contributed by atoms with Crippen molar-refractivity contribution in [3.8, 4) is 0 Å². The van der Waals surface area contributed by atoms with E-state index in [0.717, 1.165) is 25.3 Å². The fraction of sp³-hybridized carbons (Fsp3) is 0.588. The minimum atomic E-state index is -0.904. The number of likely N-dealkylation sites (tertiary alicyclic amines) is 1. The Morgan fingerprint density at radius 3 is 2.67 bits per heavy atom. The second-order valence-electron chi connectivity index (χ2n) is 6.21. The molecule has 1 unspecified atom stereocenters. The molecule has 1 heterocycles. The van der Waals surface area contributed by atoms with Crippen molar-refractivity contribution >= 4 is 16.8 Å². The summed E-state index contributed by atoms with van der Waals surface area (Å²) in [6, 6.07) is 3.61. The van der Waals surface area contributed by atoms with E-state index in [-0.39, 0.29) is 6.03 Å². The van der Waals surface area contributed by atoms with E-state index in [9.17, 15) is 17.8 Å². The third-order valence-electron chi connectivity index (χ3n) is 4.40. The van der Waals surface area contributed by atoms with Crippen molar-refractivity contribution in [3.63, 3.8) is 0 Å². The van der Waals surface area contributed by atoms with E-state index in [1.54, 1.807) is 11.2 Å². The fourth-order valence-corrected chi connectivity index (χ4v) is 3.31. The summed E-state index contributed by atoms with van der Waals surface area (Å²) in [5, 5.41) is 2.78. The van der Waals surface area contributed by atoms with E-state index < -0.39 is 22.4 Å². The summed E-state index contributed by atoms with van der Waals surface area (Å²) < 4.78 is 37.5. The van der Waals surface area contributed by atoms with Gasteiger partial charge in [0, 0.05) is 48.5 Å². The molecule has 0 aromatic heterocycles. The SMILES string of the molecule is CS(=O)CCNC(=O)N1CCC(CCc2ccc(F)cc2F)CC1. The molecule has 2 amide bonds. The van der Waals surface area contributed by atoms with E-state index in [4.69, 9.17) is 0 Å². The highest BCUT2D eigenvalue weighted by Gasteiger charge is 2.22. The molecule has 24 heavy (non-hydrogen) atoms. The number of aryl methyl sites for hydroxylation is 1. The average molecular weight is 358 g/mol. The number of carbonyl (C=O) groups excluding carboxylic acids is 1. The number of carbonyl (C=O) groups is 1. The van der Waals surface area contributed by atoms with E-state index >= 15 is 0 Å². The van der Waals surface area contributed by atoms with Crippen LogP contribution in [0.15, 0.2) is 18.2 Å². The van der Waals surface area contributed by atoms with Gasteiger partial charge >= 0.3 is 6.03 Å². The van der Waals surface area contributed by atoms with Crippen LogP contribution in [0.25, 0.3) is 0 Å². The highest BCUT2D eigenvalue weighted by molar-refractivity contribution is 7.84. The normalized spacial score (nSPS) is 16.9. The van der Waals surface area contributed by atoms with Crippen LogP contribution >= 0.6 is 0 Å². The Bertz CT molecular complexity index is 590. The molecule has 0 aliphatic carbocycles. The smallest absolute Gasteiger partial charge is 0.317 e. The van der Waals surface area contributed by atoms with E-state index in [0.29, 0.717) is 43.3 Å². The summed E-state index contributed by atoms with van der Waals surface area (Å²) in [5.74, 6) is -0.130. The summed E-state index contributed by atoms with van der Waals surface area (Å²) in [6.07, 6.45) is 4.81. The molecule has 0 bridgehead atoms. The first-order valence-corrected chi connectivity index (χ1v) is 9.95. The molecule has 4 nitrogen and oxygen atoms in total. The molecule has 1 saturated heterocycles. The van der Waals surface area contributed by atoms with Crippen LogP contribution in [-0.2, 0) is 17.2 Å². The Balaban J connectivity index is 1.70. The predicted octanol–water partition coefficient (Wildman–Crippen LogP) is 2.70. The van der Waals surface area contributed by atoms with Crippen LogP contribution in [0.5, 0.6) is 0 Å².